The van der Waals surface area contributed by atoms with Crippen molar-refractivity contribution in [2.75, 3.05) is 26.4 Å². The molecule has 0 aromatic rings. The summed E-state index contributed by atoms with van der Waals surface area (Å²) in [6, 6.07) is 0. The van der Waals surface area contributed by atoms with Crippen molar-refractivity contribution < 1.29 is 73.8 Å². The molecule has 15 nitrogen and oxygen atoms in total. The normalized spacial score (nSPS) is 27.8. The number of unbranched alkanes of at least 4 members (excludes halogenated alkanes) is 16. The molecule has 60 heavy (non-hydrogen) atoms. The Hall–Kier alpha value is -2.02. The molecular formula is C45H80O15. The molecule has 0 aliphatic carbocycles. The number of aliphatic hydroxyl groups is 7. The molecule has 0 amide bonds. The van der Waals surface area contributed by atoms with Crippen LogP contribution >= 0.6 is 0 Å². The molecule has 7 N–H and O–H groups in total. The lowest BCUT2D eigenvalue weighted by Crippen LogP contribution is -2.61. The summed E-state index contributed by atoms with van der Waals surface area (Å²) in [6.07, 6.45) is 13.7. The zero-order valence-corrected chi connectivity index (χ0v) is 36.4. The largest absolute Gasteiger partial charge is 0.462 e. The van der Waals surface area contributed by atoms with Gasteiger partial charge in [0.1, 0.15) is 55.4 Å². The van der Waals surface area contributed by atoms with Gasteiger partial charge in [-0.2, -0.15) is 0 Å². The molecule has 0 spiro atoms. The molecule has 350 valence electrons. The molecule has 15 heteroatoms. The first kappa shape index (κ1) is 54.1. The summed E-state index contributed by atoms with van der Waals surface area (Å²) in [5.41, 5.74) is 0. The predicted octanol–water partition coefficient (Wildman–Crippen LogP) is 4.82. The lowest BCUT2D eigenvalue weighted by molar-refractivity contribution is -0.332. The second kappa shape index (κ2) is 33.5. The molecule has 0 saturated carbocycles. The third kappa shape index (κ3) is 22.4. The van der Waals surface area contributed by atoms with Gasteiger partial charge in [-0.3, -0.25) is 9.59 Å². The van der Waals surface area contributed by atoms with E-state index in [4.69, 9.17) is 28.4 Å². The van der Waals surface area contributed by atoms with E-state index in [1.807, 2.05) is 0 Å². The van der Waals surface area contributed by atoms with Crippen LogP contribution in [0.5, 0.6) is 0 Å². The van der Waals surface area contributed by atoms with Gasteiger partial charge < -0.3 is 64.2 Å². The van der Waals surface area contributed by atoms with Crippen LogP contribution in [0.2, 0.25) is 0 Å². The Balaban J connectivity index is 1.86. The van der Waals surface area contributed by atoms with Crippen molar-refractivity contribution >= 4 is 11.9 Å². The highest BCUT2D eigenvalue weighted by Crippen LogP contribution is 2.26. The van der Waals surface area contributed by atoms with Crippen LogP contribution in [0.25, 0.3) is 0 Å². The van der Waals surface area contributed by atoms with E-state index in [0.29, 0.717) is 12.8 Å². The van der Waals surface area contributed by atoms with Crippen LogP contribution in [0.1, 0.15) is 155 Å². The molecule has 0 aromatic carbocycles. The third-order valence-electron chi connectivity index (χ3n) is 10.9. The molecular weight excluding hydrogens is 780 g/mol. The third-order valence-corrected chi connectivity index (χ3v) is 10.9. The fourth-order valence-electron chi connectivity index (χ4n) is 7.07. The average molecular weight is 861 g/mol. The maximum Gasteiger partial charge on any atom is 0.306 e. The lowest BCUT2D eigenvalue weighted by atomic mass is 9.98. The van der Waals surface area contributed by atoms with Crippen LogP contribution in [0.4, 0.5) is 0 Å². The van der Waals surface area contributed by atoms with Gasteiger partial charge in [-0.1, -0.05) is 122 Å². The van der Waals surface area contributed by atoms with Crippen LogP contribution in [0, 0.1) is 0 Å². The molecule has 0 radical (unpaired) electrons. The van der Waals surface area contributed by atoms with Crippen molar-refractivity contribution in [1.82, 2.24) is 0 Å². The van der Waals surface area contributed by atoms with Gasteiger partial charge in [-0.15, -0.1) is 0 Å². The van der Waals surface area contributed by atoms with Crippen LogP contribution in [0.3, 0.4) is 0 Å². The second-order valence-corrected chi connectivity index (χ2v) is 16.2. The lowest BCUT2D eigenvalue weighted by Gasteiger charge is -2.42. The molecule has 2 fully saturated rings. The van der Waals surface area contributed by atoms with E-state index in [0.717, 1.165) is 64.2 Å². The topological polar surface area (TPSA) is 231 Å². The number of hydrogen-bond acceptors (Lipinski definition) is 15. The number of allylic oxidation sites excluding steroid dienone is 4. The molecule has 2 aliphatic rings. The van der Waals surface area contributed by atoms with Crippen molar-refractivity contribution in [3.05, 3.63) is 24.3 Å². The van der Waals surface area contributed by atoms with Crippen molar-refractivity contribution in [1.29, 1.82) is 0 Å². The number of ether oxygens (including phenoxy) is 6. The SMILES string of the molecule is CCCCC/C=C/C/C=C/CCCCCCCC(=O)O[C@H](COC(=O)CCCCCCCCCCC)CO[C@@H]1O[C@H](CO[C@@H]2O[C@H](CO)[C@H](O)C(O)C2O)[C@H](O)C(O)C1O. The summed E-state index contributed by atoms with van der Waals surface area (Å²) in [6.45, 7) is 2.50. The van der Waals surface area contributed by atoms with Crippen molar-refractivity contribution in [2.24, 2.45) is 0 Å². The first-order chi connectivity index (χ1) is 29.0. The van der Waals surface area contributed by atoms with E-state index >= 15 is 0 Å². The summed E-state index contributed by atoms with van der Waals surface area (Å²) >= 11 is 0. The maximum atomic E-state index is 12.9. The van der Waals surface area contributed by atoms with Gasteiger partial charge >= 0.3 is 11.9 Å². The summed E-state index contributed by atoms with van der Waals surface area (Å²) in [7, 11) is 0. The number of carbonyl (C=O) groups is 2. The molecule has 0 aromatic heterocycles. The highest BCUT2D eigenvalue weighted by Gasteiger charge is 2.47. The number of esters is 2. The molecule has 4 unspecified atom stereocenters. The summed E-state index contributed by atoms with van der Waals surface area (Å²) in [4.78, 5) is 25.5. The first-order valence-electron chi connectivity index (χ1n) is 22.9. The maximum absolute atomic E-state index is 12.9. The van der Waals surface area contributed by atoms with E-state index in [2.05, 4.69) is 38.2 Å². The van der Waals surface area contributed by atoms with Crippen molar-refractivity contribution in [2.45, 2.75) is 223 Å². The summed E-state index contributed by atoms with van der Waals surface area (Å²) < 4.78 is 33.4. The van der Waals surface area contributed by atoms with E-state index in [1.54, 1.807) is 0 Å². The number of aliphatic hydroxyl groups excluding tert-OH is 7. The Morgan fingerprint density at radius 2 is 1.00 bits per heavy atom. The number of carbonyl (C=O) groups excluding carboxylic acids is 2. The minimum absolute atomic E-state index is 0.151. The quantitative estimate of drug-likeness (QED) is 0.0261. The van der Waals surface area contributed by atoms with Gasteiger partial charge in [-0.25, -0.2) is 0 Å². The van der Waals surface area contributed by atoms with Crippen LogP contribution in [0.15, 0.2) is 24.3 Å². The monoisotopic (exact) mass is 861 g/mol. The first-order valence-corrected chi connectivity index (χ1v) is 22.9. The fourth-order valence-corrected chi connectivity index (χ4v) is 7.07. The zero-order valence-electron chi connectivity index (χ0n) is 36.4. The van der Waals surface area contributed by atoms with Gasteiger partial charge in [0, 0.05) is 12.8 Å². The standard InChI is InChI=1S/C45H80O15/c1-3-5-7-9-11-13-14-15-16-17-18-20-22-24-26-28-37(48)58-33(30-55-36(47)27-25-23-21-19-12-10-8-6-4-2)31-56-44-43(54)41(52)39(50)35(60-44)32-57-45-42(53)40(51)38(49)34(29-46)59-45/h11,13,15-16,33-35,38-46,49-54H,3-10,12,14,17-32H2,1-2H3/b13-11+,16-15+/t33-,34-,35-,38+,39+,40?,41?,42?,43?,44-,45-/m1/s1. The molecule has 11 atom stereocenters. The molecule has 2 heterocycles. The van der Waals surface area contributed by atoms with E-state index in [1.165, 1.54) is 51.4 Å². The van der Waals surface area contributed by atoms with Gasteiger partial charge in [-0.05, 0) is 44.9 Å². The van der Waals surface area contributed by atoms with E-state index in [9.17, 15) is 45.3 Å². The van der Waals surface area contributed by atoms with Gasteiger partial charge in [0.2, 0.25) is 0 Å². The van der Waals surface area contributed by atoms with Gasteiger partial charge in [0.15, 0.2) is 18.7 Å². The summed E-state index contributed by atoms with van der Waals surface area (Å²) in [5, 5.41) is 71.8. The molecule has 2 aliphatic heterocycles. The minimum Gasteiger partial charge on any atom is -0.462 e. The number of rotatable bonds is 34. The number of hydrogen-bond donors (Lipinski definition) is 7. The molecule has 0 bridgehead atoms. The highest BCUT2D eigenvalue weighted by molar-refractivity contribution is 5.70. The Labute approximate surface area is 358 Å². The molecule has 2 rings (SSSR count). The predicted molar refractivity (Wildman–Crippen MR) is 224 cm³/mol. The highest BCUT2D eigenvalue weighted by atomic mass is 16.7. The van der Waals surface area contributed by atoms with E-state index < -0.39 is 92.7 Å². The Kier molecular flexibility index (Phi) is 30.2. The van der Waals surface area contributed by atoms with Crippen molar-refractivity contribution in [3.8, 4) is 0 Å². The van der Waals surface area contributed by atoms with Crippen LogP contribution < -0.4 is 0 Å². The van der Waals surface area contributed by atoms with Gasteiger partial charge in [0.05, 0.1) is 19.8 Å². The van der Waals surface area contributed by atoms with Crippen LogP contribution in [-0.2, 0) is 38.0 Å². The second-order valence-electron chi connectivity index (χ2n) is 16.2. The van der Waals surface area contributed by atoms with Crippen molar-refractivity contribution in [3.63, 3.8) is 0 Å². The fraction of sp³-hybridized carbons (Fsp3) is 0.867. The van der Waals surface area contributed by atoms with E-state index in [-0.39, 0.29) is 26.1 Å². The van der Waals surface area contributed by atoms with Gasteiger partial charge in [0.25, 0.3) is 0 Å². The summed E-state index contributed by atoms with van der Waals surface area (Å²) in [5.74, 6) is -0.943. The minimum atomic E-state index is -1.76. The zero-order chi connectivity index (χ0) is 44.0. The Morgan fingerprint density at radius 1 is 0.533 bits per heavy atom. The average Bonchev–Trinajstić information content (AvgIpc) is 3.24. The Morgan fingerprint density at radius 3 is 1.58 bits per heavy atom. The molecule has 2 saturated heterocycles. The smallest absolute Gasteiger partial charge is 0.306 e. The van der Waals surface area contributed by atoms with Crippen LogP contribution in [-0.4, -0.2) is 142 Å². The Bertz CT molecular complexity index is 1150.